The van der Waals surface area contributed by atoms with Gasteiger partial charge in [-0.2, -0.15) is 0 Å². The first-order valence-corrected chi connectivity index (χ1v) is 9.71. The smallest absolute Gasteiger partial charge is 0.406 e. The van der Waals surface area contributed by atoms with Gasteiger partial charge in [0, 0.05) is 25.7 Å². The Balaban J connectivity index is 2.31. The average molecular weight is 377 g/mol. The standard InChI is InChI=1S/C20H31N3O4/c1-5-11-23(12-6-2)15-8-9-16-14(13-15)7-10-17(26-19(24)21-3)18(16)27-20(25)22-4/h7,10,15H,5-6,8-9,11-13H2,1-4H3,(H,21,24)(H,22,25)/t15-/m0/s1. The van der Waals surface area contributed by atoms with Crippen molar-refractivity contribution < 1.29 is 19.1 Å². The number of benzene rings is 1. The number of hydrogen-bond donors (Lipinski definition) is 2. The maximum atomic E-state index is 11.8. The fourth-order valence-corrected chi connectivity index (χ4v) is 3.63. The van der Waals surface area contributed by atoms with Gasteiger partial charge in [0.05, 0.1) is 0 Å². The third-order valence-electron chi connectivity index (χ3n) is 4.85. The summed E-state index contributed by atoms with van der Waals surface area (Å²) in [5.41, 5.74) is 2.09. The third-order valence-corrected chi connectivity index (χ3v) is 4.85. The molecule has 0 aromatic heterocycles. The average Bonchev–Trinajstić information content (AvgIpc) is 2.68. The van der Waals surface area contributed by atoms with Gasteiger partial charge in [-0.3, -0.25) is 0 Å². The van der Waals surface area contributed by atoms with Crippen LogP contribution in [0.3, 0.4) is 0 Å². The maximum Gasteiger partial charge on any atom is 0.412 e. The highest BCUT2D eigenvalue weighted by atomic mass is 16.6. The number of carbonyl (C=O) groups is 2. The SMILES string of the molecule is CCCN(CCC)[C@H]1CCc2c(ccc(OC(=O)NC)c2OC(=O)NC)C1. The molecule has 0 saturated heterocycles. The van der Waals surface area contributed by atoms with Crippen LogP contribution in [-0.4, -0.2) is 50.3 Å². The van der Waals surface area contributed by atoms with Crippen molar-refractivity contribution in [3.05, 3.63) is 23.3 Å². The number of amides is 2. The van der Waals surface area contributed by atoms with E-state index in [-0.39, 0.29) is 5.75 Å². The van der Waals surface area contributed by atoms with Crippen LogP contribution < -0.4 is 20.1 Å². The van der Waals surface area contributed by atoms with Crippen molar-refractivity contribution in [3.8, 4) is 11.5 Å². The van der Waals surface area contributed by atoms with Crippen LogP contribution in [0.15, 0.2) is 12.1 Å². The molecule has 1 aliphatic rings. The van der Waals surface area contributed by atoms with E-state index in [1.807, 2.05) is 6.07 Å². The molecule has 0 unspecified atom stereocenters. The Morgan fingerprint density at radius 2 is 1.70 bits per heavy atom. The van der Waals surface area contributed by atoms with E-state index in [9.17, 15) is 9.59 Å². The molecule has 1 aliphatic carbocycles. The summed E-state index contributed by atoms with van der Waals surface area (Å²) >= 11 is 0. The lowest BCUT2D eigenvalue weighted by atomic mass is 9.86. The molecule has 0 bridgehead atoms. The van der Waals surface area contributed by atoms with E-state index in [0.717, 1.165) is 56.3 Å². The van der Waals surface area contributed by atoms with E-state index >= 15 is 0 Å². The molecule has 1 aromatic carbocycles. The molecule has 27 heavy (non-hydrogen) atoms. The van der Waals surface area contributed by atoms with Gasteiger partial charge in [-0.25, -0.2) is 9.59 Å². The Bertz CT molecular complexity index is 657. The molecule has 1 aromatic rings. The molecular weight excluding hydrogens is 346 g/mol. The Morgan fingerprint density at radius 3 is 2.30 bits per heavy atom. The number of hydrogen-bond acceptors (Lipinski definition) is 5. The van der Waals surface area contributed by atoms with Crippen molar-refractivity contribution in [2.24, 2.45) is 0 Å². The van der Waals surface area contributed by atoms with Gasteiger partial charge in [-0.1, -0.05) is 19.9 Å². The first-order chi connectivity index (χ1) is 13.0. The Kier molecular flexibility index (Phi) is 7.91. The lowest BCUT2D eigenvalue weighted by molar-refractivity contribution is 0.177. The zero-order valence-electron chi connectivity index (χ0n) is 16.8. The van der Waals surface area contributed by atoms with E-state index in [1.165, 1.54) is 14.1 Å². The molecule has 0 saturated carbocycles. The zero-order chi connectivity index (χ0) is 19.8. The molecule has 2 N–H and O–H groups in total. The van der Waals surface area contributed by atoms with E-state index in [4.69, 9.17) is 9.47 Å². The van der Waals surface area contributed by atoms with Gasteiger partial charge in [-0.15, -0.1) is 0 Å². The van der Waals surface area contributed by atoms with Crippen LogP contribution in [0, 0.1) is 0 Å². The van der Waals surface area contributed by atoms with Gasteiger partial charge < -0.3 is 25.0 Å². The molecule has 2 rings (SSSR count). The second kappa shape index (κ2) is 10.2. The second-order valence-corrected chi connectivity index (χ2v) is 6.74. The molecule has 7 nitrogen and oxygen atoms in total. The van der Waals surface area contributed by atoms with Crippen LogP contribution in [0.1, 0.15) is 44.2 Å². The molecule has 7 heteroatoms. The van der Waals surface area contributed by atoms with Gasteiger partial charge in [0.25, 0.3) is 0 Å². The summed E-state index contributed by atoms with van der Waals surface area (Å²) in [6.45, 7) is 6.59. The lowest BCUT2D eigenvalue weighted by Gasteiger charge is -2.35. The number of rotatable bonds is 7. The molecule has 1 atom stereocenters. The summed E-state index contributed by atoms with van der Waals surface area (Å²) in [5, 5.41) is 4.86. The normalized spacial score (nSPS) is 15.8. The highest BCUT2D eigenvalue weighted by Gasteiger charge is 2.28. The van der Waals surface area contributed by atoms with Crippen molar-refractivity contribution in [1.82, 2.24) is 15.5 Å². The minimum absolute atomic E-state index is 0.258. The minimum Gasteiger partial charge on any atom is -0.406 e. The van der Waals surface area contributed by atoms with Crippen molar-refractivity contribution in [2.45, 2.75) is 52.0 Å². The van der Waals surface area contributed by atoms with E-state index < -0.39 is 12.2 Å². The highest BCUT2D eigenvalue weighted by Crippen LogP contribution is 2.39. The summed E-state index contributed by atoms with van der Waals surface area (Å²) in [7, 11) is 2.99. The maximum absolute atomic E-state index is 11.8. The van der Waals surface area contributed by atoms with Crippen LogP contribution in [0.25, 0.3) is 0 Å². The highest BCUT2D eigenvalue weighted by molar-refractivity contribution is 5.75. The predicted molar refractivity (Wildman–Crippen MR) is 105 cm³/mol. The van der Waals surface area contributed by atoms with Gasteiger partial charge in [0.1, 0.15) is 0 Å². The van der Waals surface area contributed by atoms with Crippen LogP contribution in [0.5, 0.6) is 11.5 Å². The number of ether oxygens (including phenoxy) is 2. The van der Waals surface area contributed by atoms with Gasteiger partial charge >= 0.3 is 12.2 Å². The topological polar surface area (TPSA) is 79.9 Å². The Labute approximate surface area is 161 Å². The second-order valence-electron chi connectivity index (χ2n) is 6.74. The molecule has 0 fully saturated rings. The van der Waals surface area contributed by atoms with Crippen molar-refractivity contribution in [3.63, 3.8) is 0 Å². The fraction of sp³-hybridized carbons (Fsp3) is 0.600. The zero-order valence-corrected chi connectivity index (χ0v) is 16.8. The van der Waals surface area contributed by atoms with Crippen molar-refractivity contribution in [2.75, 3.05) is 27.2 Å². The number of carbonyl (C=O) groups excluding carboxylic acids is 2. The molecule has 0 heterocycles. The lowest BCUT2D eigenvalue weighted by Crippen LogP contribution is -2.40. The first kappa shape index (κ1) is 21.0. The quantitative estimate of drug-likeness (QED) is 0.763. The van der Waals surface area contributed by atoms with Crippen molar-refractivity contribution in [1.29, 1.82) is 0 Å². The summed E-state index contributed by atoms with van der Waals surface area (Å²) in [6.07, 6.45) is 3.76. The van der Waals surface area contributed by atoms with E-state index in [1.54, 1.807) is 6.07 Å². The van der Waals surface area contributed by atoms with Gasteiger partial charge in [-0.05, 0) is 56.8 Å². The molecule has 0 spiro atoms. The molecule has 2 amide bonds. The molecular formula is C20H31N3O4. The van der Waals surface area contributed by atoms with Crippen LogP contribution in [0.2, 0.25) is 0 Å². The van der Waals surface area contributed by atoms with Crippen LogP contribution in [0.4, 0.5) is 9.59 Å². The van der Waals surface area contributed by atoms with Crippen molar-refractivity contribution >= 4 is 12.2 Å². The van der Waals surface area contributed by atoms with Gasteiger partial charge in [0.15, 0.2) is 11.5 Å². The molecule has 150 valence electrons. The van der Waals surface area contributed by atoms with Gasteiger partial charge in [0.2, 0.25) is 0 Å². The molecule has 0 aliphatic heterocycles. The number of nitrogens with one attached hydrogen (secondary N) is 2. The van der Waals surface area contributed by atoms with Crippen LogP contribution >= 0.6 is 0 Å². The van der Waals surface area contributed by atoms with E-state index in [2.05, 4.69) is 29.4 Å². The first-order valence-electron chi connectivity index (χ1n) is 9.71. The molecule has 0 radical (unpaired) electrons. The Hall–Kier alpha value is -2.28. The number of nitrogens with zero attached hydrogens (tertiary/aromatic N) is 1. The predicted octanol–water partition coefficient (Wildman–Crippen LogP) is 3.10. The minimum atomic E-state index is -0.595. The summed E-state index contributed by atoms with van der Waals surface area (Å²) in [4.78, 5) is 26.0. The monoisotopic (exact) mass is 377 g/mol. The van der Waals surface area contributed by atoms with Crippen LogP contribution in [-0.2, 0) is 12.8 Å². The number of fused-ring (bicyclic) bond motifs is 1. The largest absolute Gasteiger partial charge is 0.412 e. The van der Waals surface area contributed by atoms with E-state index in [0.29, 0.717) is 11.8 Å². The summed E-state index contributed by atoms with van der Waals surface area (Å²) < 4.78 is 10.8. The summed E-state index contributed by atoms with van der Waals surface area (Å²) in [5.74, 6) is 0.598. The third kappa shape index (κ3) is 5.35. The summed E-state index contributed by atoms with van der Waals surface area (Å²) in [6, 6.07) is 4.17. The Morgan fingerprint density at radius 1 is 1.07 bits per heavy atom. The fourth-order valence-electron chi connectivity index (χ4n) is 3.63.